The van der Waals surface area contributed by atoms with Crippen molar-refractivity contribution < 1.29 is 14.3 Å². The second-order valence-electron chi connectivity index (χ2n) is 7.40. The van der Waals surface area contributed by atoms with E-state index >= 15 is 0 Å². The highest BCUT2D eigenvalue weighted by Crippen LogP contribution is 2.42. The van der Waals surface area contributed by atoms with E-state index in [1.807, 2.05) is 17.0 Å². The van der Waals surface area contributed by atoms with Crippen LogP contribution in [0, 0.1) is 12.3 Å². The lowest BCUT2D eigenvalue weighted by atomic mass is 9.76. The summed E-state index contributed by atoms with van der Waals surface area (Å²) in [5, 5.41) is 0. The number of ether oxygens (including phenoxy) is 2. The molecule has 132 valence electrons. The summed E-state index contributed by atoms with van der Waals surface area (Å²) in [5.41, 5.74) is 2.83. The van der Waals surface area contributed by atoms with E-state index in [4.69, 9.17) is 9.47 Å². The van der Waals surface area contributed by atoms with E-state index < -0.39 is 0 Å². The van der Waals surface area contributed by atoms with E-state index in [-0.39, 0.29) is 11.5 Å². The molecule has 0 N–H and O–H groups in total. The molecule has 1 atom stereocenters. The lowest BCUT2D eigenvalue weighted by Crippen LogP contribution is -2.43. The van der Waals surface area contributed by atoms with Crippen molar-refractivity contribution in [3.8, 4) is 0 Å². The Kier molecular flexibility index (Phi) is 5.57. The topological polar surface area (TPSA) is 38.8 Å². The summed E-state index contributed by atoms with van der Waals surface area (Å²) in [5.74, 6) is 0.292. The first kappa shape index (κ1) is 17.4. The number of carbonyl (C=O) groups is 1. The second kappa shape index (κ2) is 7.66. The van der Waals surface area contributed by atoms with Crippen molar-refractivity contribution >= 4 is 5.91 Å². The molecule has 2 aliphatic rings. The highest BCUT2D eigenvalue weighted by Gasteiger charge is 2.42. The largest absolute Gasteiger partial charge is 0.382 e. The number of carbonyl (C=O) groups excluding carboxylic acids is 1. The van der Waals surface area contributed by atoms with Gasteiger partial charge in [0.15, 0.2) is 0 Å². The van der Waals surface area contributed by atoms with Crippen LogP contribution in [0.5, 0.6) is 0 Å². The monoisotopic (exact) mass is 331 g/mol. The van der Waals surface area contributed by atoms with Gasteiger partial charge in [0, 0.05) is 26.6 Å². The molecule has 24 heavy (non-hydrogen) atoms. The molecule has 0 saturated carbocycles. The average molecular weight is 331 g/mol. The quantitative estimate of drug-likeness (QED) is 0.833. The summed E-state index contributed by atoms with van der Waals surface area (Å²) in [6.45, 7) is 5.36. The normalized spacial score (nSPS) is 22.9. The van der Waals surface area contributed by atoms with Crippen molar-refractivity contribution in [2.75, 3.05) is 33.4 Å². The van der Waals surface area contributed by atoms with Crippen molar-refractivity contribution in [1.29, 1.82) is 0 Å². The minimum Gasteiger partial charge on any atom is -0.382 e. The maximum Gasteiger partial charge on any atom is 0.222 e. The molecule has 3 rings (SSSR count). The highest BCUT2D eigenvalue weighted by molar-refractivity contribution is 5.76. The Hall–Kier alpha value is -1.39. The minimum atomic E-state index is 0.235. The molecule has 0 unspecified atom stereocenters. The molecule has 1 amide bonds. The molecule has 4 heteroatoms. The molecule has 0 aromatic heterocycles. The van der Waals surface area contributed by atoms with Gasteiger partial charge in [0.2, 0.25) is 5.91 Å². The van der Waals surface area contributed by atoms with E-state index in [9.17, 15) is 4.79 Å². The van der Waals surface area contributed by atoms with Gasteiger partial charge in [0.05, 0.1) is 19.3 Å². The van der Waals surface area contributed by atoms with Gasteiger partial charge in [-0.1, -0.05) is 24.3 Å². The van der Waals surface area contributed by atoms with E-state index in [0.29, 0.717) is 18.9 Å². The van der Waals surface area contributed by atoms with Gasteiger partial charge < -0.3 is 14.4 Å². The summed E-state index contributed by atoms with van der Waals surface area (Å²) in [6, 6.07) is 8.33. The van der Waals surface area contributed by atoms with Gasteiger partial charge in [-0.2, -0.15) is 0 Å². The fourth-order valence-electron chi connectivity index (χ4n) is 4.06. The summed E-state index contributed by atoms with van der Waals surface area (Å²) in [6.07, 6.45) is 4.88. The van der Waals surface area contributed by atoms with Gasteiger partial charge in [-0.3, -0.25) is 4.79 Å². The molecule has 0 aliphatic carbocycles. The van der Waals surface area contributed by atoms with Crippen LogP contribution in [0.1, 0.15) is 36.8 Å². The van der Waals surface area contributed by atoms with E-state index in [2.05, 4.69) is 19.1 Å². The van der Waals surface area contributed by atoms with E-state index in [1.165, 1.54) is 11.1 Å². The summed E-state index contributed by atoms with van der Waals surface area (Å²) >= 11 is 0. The first-order valence-electron chi connectivity index (χ1n) is 9.05. The lowest BCUT2D eigenvalue weighted by Gasteiger charge is -2.38. The Morgan fingerprint density at radius 3 is 2.79 bits per heavy atom. The number of likely N-dealkylation sites (tertiary alicyclic amines) is 1. The number of hydrogen-bond donors (Lipinski definition) is 0. The van der Waals surface area contributed by atoms with Crippen LogP contribution in [0.2, 0.25) is 0 Å². The van der Waals surface area contributed by atoms with E-state index in [0.717, 1.165) is 45.4 Å². The fraction of sp³-hybridized carbons (Fsp3) is 0.650. The van der Waals surface area contributed by atoms with Crippen LogP contribution in [0.15, 0.2) is 24.3 Å². The fourth-order valence-corrected chi connectivity index (χ4v) is 4.06. The molecule has 2 fully saturated rings. The third-order valence-corrected chi connectivity index (χ3v) is 5.68. The van der Waals surface area contributed by atoms with Crippen LogP contribution >= 0.6 is 0 Å². The van der Waals surface area contributed by atoms with Crippen LogP contribution in [0.3, 0.4) is 0 Å². The number of amides is 1. The third-order valence-electron chi connectivity index (χ3n) is 5.68. The number of piperidine rings is 1. The number of hydrogen-bond acceptors (Lipinski definition) is 3. The first-order valence-corrected chi connectivity index (χ1v) is 9.05. The smallest absolute Gasteiger partial charge is 0.222 e. The van der Waals surface area contributed by atoms with Crippen LogP contribution in [-0.2, 0) is 20.7 Å². The molecule has 1 aromatic rings. The summed E-state index contributed by atoms with van der Waals surface area (Å²) in [4.78, 5) is 14.6. The zero-order chi connectivity index (χ0) is 17.0. The summed E-state index contributed by atoms with van der Waals surface area (Å²) in [7, 11) is 1.73. The van der Waals surface area contributed by atoms with Gasteiger partial charge in [-0.15, -0.1) is 0 Å². The predicted molar refractivity (Wildman–Crippen MR) is 94.0 cm³/mol. The molecule has 2 aliphatic heterocycles. The first-order chi connectivity index (χ1) is 11.6. The Balaban J connectivity index is 1.46. The number of aryl methyl sites for hydroxylation is 2. The molecule has 4 nitrogen and oxygen atoms in total. The van der Waals surface area contributed by atoms with Gasteiger partial charge in [0.25, 0.3) is 0 Å². The Bertz CT molecular complexity index is 564. The zero-order valence-corrected chi connectivity index (χ0v) is 14.9. The molecule has 2 heterocycles. The molecule has 2 saturated heterocycles. The molecule has 1 spiro atoms. The van der Waals surface area contributed by atoms with Gasteiger partial charge >= 0.3 is 0 Å². The van der Waals surface area contributed by atoms with Crippen molar-refractivity contribution in [3.63, 3.8) is 0 Å². The van der Waals surface area contributed by atoms with Crippen LogP contribution in [0.4, 0.5) is 0 Å². The number of nitrogens with zero attached hydrogens (tertiary/aromatic N) is 1. The molecule has 1 aromatic carbocycles. The second-order valence-corrected chi connectivity index (χ2v) is 7.40. The molecular formula is C20H29NO3. The van der Waals surface area contributed by atoms with Gasteiger partial charge in [0.1, 0.15) is 0 Å². The Morgan fingerprint density at radius 1 is 1.33 bits per heavy atom. The van der Waals surface area contributed by atoms with Gasteiger partial charge in [-0.05, 0) is 49.1 Å². The standard InChI is InChI=1S/C20H29NO3/c1-16-5-3-4-6-17(16)7-8-19(22)21-11-9-20(10-12-21)13-18(14-23-2)24-15-20/h3-6,18H,7-15H2,1-2H3/t18-/m1/s1. The number of rotatable bonds is 5. The van der Waals surface area contributed by atoms with E-state index in [1.54, 1.807) is 7.11 Å². The minimum absolute atomic E-state index is 0.235. The van der Waals surface area contributed by atoms with Crippen molar-refractivity contribution in [1.82, 2.24) is 4.90 Å². The molecule has 0 bridgehead atoms. The number of methoxy groups -OCH3 is 1. The predicted octanol–water partition coefficient (Wildman–Crippen LogP) is 2.97. The Labute approximate surface area is 145 Å². The van der Waals surface area contributed by atoms with Crippen molar-refractivity contribution in [2.24, 2.45) is 5.41 Å². The van der Waals surface area contributed by atoms with Crippen molar-refractivity contribution in [3.05, 3.63) is 35.4 Å². The van der Waals surface area contributed by atoms with Crippen LogP contribution in [-0.4, -0.2) is 50.3 Å². The SMILES string of the molecule is COC[C@H]1CC2(CCN(C(=O)CCc3ccccc3C)CC2)CO1. The Morgan fingerprint density at radius 2 is 2.08 bits per heavy atom. The third kappa shape index (κ3) is 3.98. The number of benzene rings is 1. The van der Waals surface area contributed by atoms with Gasteiger partial charge in [-0.25, -0.2) is 0 Å². The van der Waals surface area contributed by atoms with Crippen LogP contribution in [0.25, 0.3) is 0 Å². The highest BCUT2D eigenvalue weighted by atomic mass is 16.5. The average Bonchev–Trinajstić information content (AvgIpc) is 2.97. The lowest BCUT2D eigenvalue weighted by molar-refractivity contribution is -0.133. The maximum absolute atomic E-state index is 12.5. The molecule has 0 radical (unpaired) electrons. The van der Waals surface area contributed by atoms with Crippen LogP contribution < -0.4 is 0 Å². The molecular weight excluding hydrogens is 302 g/mol. The zero-order valence-electron chi connectivity index (χ0n) is 14.9. The summed E-state index contributed by atoms with van der Waals surface area (Å²) < 4.78 is 11.1. The maximum atomic E-state index is 12.5. The van der Waals surface area contributed by atoms with Crippen molar-refractivity contribution in [2.45, 2.75) is 45.1 Å².